The van der Waals surface area contributed by atoms with Gasteiger partial charge in [-0.3, -0.25) is 4.79 Å². The van der Waals surface area contributed by atoms with Gasteiger partial charge in [0.2, 0.25) is 5.91 Å². The quantitative estimate of drug-likeness (QED) is 0.568. The molecule has 0 spiro atoms. The Morgan fingerprint density at radius 2 is 1.55 bits per heavy atom. The lowest BCUT2D eigenvalue weighted by molar-refractivity contribution is -0.142. The maximum Gasteiger partial charge on any atom is 0.407 e. The molecule has 0 aromatic heterocycles. The second kappa shape index (κ2) is 10.1. The Balaban J connectivity index is 1.64. The Labute approximate surface area is 180 Å². The van der Waals surface area contributed by atoms with E-state index in [1.165, 1.54) is 7.11 Å². The Morgan fingerprint density at radius 3 is 2.06 bits per heavy atom. The third-order valence-electron chi connectivity index (χ3n) is 5.31. The molecule has 1 aliphatic carbocycles. The van der Waals surface area contributed by atoms with Crippen LogP contribution in [0, 0.1) is 0 Å². The predicted molar refractivity (Wildman–Crippen MR) is 114 cm³/mol. The Kier molecular flexibility index (Phi) is 7.25. The number of ether oxygens (including phenoxy) is 2. The molecule has 2 aromatic carbocycles. The van der Waals surface area contributed by atoms with Crippen LogP contribution < -0.4 is 10.6 Å². The Bertz CT molecular complexity index is 915. The van der Waals surface area contributed by atoms with Gasteiger partial charge in [-0.05, 0) is 28.7 Å². The standard InChI is InChI=1S/C23H26N2O6/c1-3-19(22(27)28)24-21(26)20(13-30-2)25-23(29)31-12-18-16-10-6-4-8-14(16)15-9-5-7-11-17(15)18/h4-11,18-20H,3,12-13H2,1-2H3,(H,24,26)(H,25,29)(H,27,28)/t19?,20-/m0/s1. The van der Waals surface area contributed by atoms with Crippen LogP contribution in [-0.2, 0) is 19.1 Å². The highest BCUT2D eigenvalue weighted by molar-refractivity contribution is 5.89. The molecule has 0 heterocycles. The fraction of sp³-hybridized carbons (Fsp3) is 0.348. The molecule has 1 unspecified atom stereocenters. The topological polar surface area (TPSA) is 114 Å². The predicted octanol–water partition coefficient (Wildman–Crippen LogP) is 2.52. The van der Waals surface area contributed by atoms with Crippen LogP contribution in [0.3, 0.4) is 0 Å². The van der Waals surface area contributed by atoms with E-state index in [0.29, 0.717) is 0 Å². The largest absolute Gasteiger partial charge is 0.480 e. The minimum atomic E-state index is -1.15. The Morgan fingerprint density at radius 1 is 0.968 bits per heavy atom. The third kappa shape index (κ3) is 5.03. The van der Waals surface area contributed by atoms with E-state index in [2.05, 4.69) is 10.6 Å². The molecular weight excluding hydrogens is 400 g/mol. The van der Waals surface area contributed by atoms with Crippen molar-refractivity contribution in [3.05, 3.63) is 59.7 Å². The number of amides is 2. The monoisotopic (exact) mass is 426 g/mol. The SMILES string of the molecule is CCC(NC(=O)[C@H](COC)NC(=O)OCC1c2ccccc2-c2ccccc21)C(=O)O. The number of nitrogens with one attached hydrogen (secondary N) is 2. The first kappa shape index (κ1) is 22.3. The first-order chi connectivity index (χ1) is 15.0. The minimum absolute atomic E-state index is 0.105. The summed E-state index contributed by atoms with van der Waals surface area (Å²) in [5, 5.41) is 14.0. The van der Waals surface area contributed by atoms with E-state index in [-0.39, 0.29) is 25.6 Å². The highest BCUT2D eigenvalue weighted by Crippen LogP contribution is 2.44. The average Bonchev–Trinajstić information content (AvgIpc) is 3.09. The molecule has 8 heteroatoms. The van der Waals surface area contributed by atoms with E-state index in [1.807, 2.05) is 48.5 Å². The van der Waals surface area contributed by atoms with Crippen molar-refractivity contribution in [3.63, 3.8) is 0 Å². The first-order valence-corrected chi connectivity index (χ1v) is 10.1. The van der Waals surface area contributed by atoms with Gasteiger partial charge in [0.25, 0.3) is 0 Å². The van der Waals surface area contributed by atoms with Crippen LogP contribution >= 0.6 is 0 Å². The van der Waals surface area contributed by atoms with E-state index in [0.717, 1.165) is 22.3 Å². The second-order valence-electron chi connectivity index (χ2n) is 7.29. The summed E-state index contributed by atoms with van der Waals surface area (Å²) >= 11 is 0. The van der Waals surface area contributed by atoms with Gasteiger partial charge >= 0.3 is 12.1 Å². The van der Waals surface area contributed by atoms with Gasteiger partial charge in [-0.2, -0.15) is 0 Å². The summed E-state index contributed by atoms with van der Waals surface area (Å²) in [6.07, 6.45) is -0.562. The lowest BCUT2D eigenvalue weighted by Crippen LogP contribution is -2.53. The highest BCUT2D eigenvalue weighted by Gasteiger charge is 2.30. The molecule has 0 radical (unpaired) electrons. The lowest BCUT2D eigenvalue weighted by Gasteiger charge is -2.21. The number of carboxylic acid groups (broad SMARTS) is 1. The van der Waals surface area contributed by atoms with Crippen LogP contribution in [0.2, 0.25) is 0 Å². The Hall–Kier alpha value is -3.39. The molecule has 0 aliphatic heterocycles. The first-order valence-electron chi connectivity index (χ1n) is 10.1. The zero-order chi connectivity index (χ0) is 22.4. The molecule has 0 saturated carbocycles. The molecule has 31 heavy (non-hydrogen) atoms. The zero-order valence-corrected chi connectivity index (χ0v) is 17.5. The summed E-state index contributed by atoms with van der Waals surface area (Å²) < 4.78 is 10.4. The zero-order valence-electron chi connectivity index (χ0n) is 17.5. The number of hydrogen-bond donors (Lipinski definition) is 3. The number of hydrogen-bond acceptors (Lipinski definition) is 5. The van der Waals surface area contributed by atoms with E-state index >= 15 is 0 Å². The lowest BCUT2D eigenvalue weighted by atomic mass is 9.98. The van der Waals surface area contributed by atoms with Gasteiger partial charge in [0.05, 0.1) is 6.61 Å². The molecule has 1 aliphatic rings. The summed E-state index contributed by atoms with van der Waals surface area (Å²) in [6, 6.07) is 13.8. The van der Waals surface area contributed by atoms with Crippen molar-refractivity contribution < 1.29 is 29.0 Å². The van der Waals surface area contributed by atoms with Crippen LogP contribution in [0.4, 0.5) is 4.79 Å². The van der Waals surface area contributed by atoms with E-state index in [9.17, 15) is 14.4 Å². The number of carboxylic acids is 1. The van der Waals surface area contributed by atoms with Crippen LogP contribution in [0.15, 0.2) is 48.5 Å². The number of carbonyl (C=O) groups excluding carboxylic acids is 2. The van der Waals surface area contributed by atoms with Gasteiger partial charge in [-0.15, -0.1) is 0 Å². The number of carbonyl (C=O) groups is 3. The molecular formula is C23H26N2O6. The van der Waals surface area contributed by atoms with E-state index in [1.54, 1.807) is 6.92 Å². The van der Waals surface area contributed by atoms with Gasteiger partial charge in [0.15, 0.2) is 0 Å². The normalized spacial score (nSPS) is 14.1. The summed E-state index contributed by atoms with van der Waals surface area (Å²) in [7, 11) is 1.38. The molecule has 0 fully saturated rings. The van der Waals surface area contributed by atoms with Crippen LogP contribution in [0.5, 0.6) is 0 Å². The molecule has 0 bridgehead atoms. The second-order valence-corrected chi connectivity index (χ2v) is 7.29. The van der Waals surface area contributed by atoms with Gasteiger partial charge in [-0.25, -0.2) is 9.59 Å². The van der Waals surface area contributed by atoms with Crippen molar-refractivity contribution in [2.75, 3.05) is 20.3 Å². The van der Waals surface area contributed by atoms with Crippen molar-refractivity contribution in [2.45, 2.75) is 31.3 Å². The number of rotatable bonds is 9. The average molecular weight is 426 g/mol. The summed E-state index contributed by atoms with van der Waals surface area (Å²) in [5.41, 5.74) is 4.39. The molecule has 3 N–H and O–H groups in total. The van der Waals surface area contributed by atoms with Gasteiger partial charge < -0.3 is 25.2 Å². The maximum absolute atomic E-state index is 12.4. The number of benzene rings is 2. The van der Waals surface area contributed by atoms with Gasteiger partial charge in [-0.1, -0.05) is 55.5 Å². The maximum atomic E-state index is 12.4. The molecule has 164 valence electrons. The van der Waals surface area contributed by atoms with Crippen molar-refractivity contribution in [1.29, 1.82) is 0 Å². The molecule has 8 nitrogen and oxygen atoms in total. The smallest absolute Gasteiger partial charge is 0.407 e. The minimum Gasteiger partial charge on any atom is -0.480 e. The van der Waals surface area contributed by atoms with Crippen molar-refractivity contribution in [2.24, 2.45) is 0 Å². The molecule has 3 rings (SSSR count). The fourth-order valence-electron chi connectivity index (χ4n) is 3.74. The van der Waals surface area contributed by atoms with Gasteiger partial charge in [0, 0.05) is 13.0 Å². The van der Waals surface area contributed by atoms with E-state index < -0.39 is 30.1 Å². The van der Waals surface area contributed by atoms with Crippen LogP contribution in [0.25, 0.3) is 11.1 Å². The van der Waals surface area contributed by atoms with Crippen LogP contribution in [0.1, 0.15) is 30.4 Å². The third-order valence-corrected chi connectivity index (χ3v) is 5.31. The molecule has 2 aromatic rings. The van der Waals surface area contributed by atoms with Crippen molar-refractivity contribution in [3.8, 4) is 11.1 Å². The van der Waals surface area contributed by atoms with Crippen molar-refractivity contribution in [1.82, 2.24) is 10.6 Å². The summed E-state index contributed by atoms with van der Waals surface area (Å²) in [5.74, 6) is -1.90. The van der Waals surface area contributed by atoms with Gasteiger partial charge in [0.1, 0.15) is 18.7 Å². The molecule has 2 atom stereocenters. The number of methoxy groups -OCH3 is 1. The number of fused-ring (bicyclic) bond motifs is 3. The van der Waals surface area contributed by atoms with Crippen LogP contribution in [-0.4, -0.2) is 55.5 Å². The molecule has 2 amide bonds. The number of aliphatic carboxylic acids is 1. The highest BCUT2D eigenvalue weighted by atomic mass is 16.5. The van der Waals surface area contributed by atoms with E-state index in [4.69, 9.17) is 14.6 Å². The number of alkyl carbamates (subject to hydrolysis) is 1. The fourth-order valence-corrected chi connectivity index (χ4v) is 3.74. The molecule has 0 saturated heterocycles. The summed E-state index contributed by atoms with van der Waals surface area (Å²) in [6.45, 7) is 1.63. The summed E-state index contributed by atoms with van der Waals surface area (Å²) in [4.78, 5) is 36.0. The van der Waals surface area contributed by atoms with Crippen molar-refractivity contribution >= 4 is 18.0 Å².